The predicted molar refractivity (Wildman–Crippen MR) is 381 cm³/mol. The molecule has 112 heavy (non-hydrogen) atoms. The van der Waals surface area contributed by atoms with Crippen molar-refractivity contribution in [3.05, 3.63) is 47.6 Å². The monoisotopic (exact) mass is 1600 g/mol. The van der Waals surface area contributed by atoms with Gasteiger partial charge in [0.1, 0.15) is 85.3 Å². The maximum Gasteiger partial charge on any atom is 0.217 e. The molecule has 44 heteroatoms. The van der Waals surface area contributed by atoms with Gasteiger partial charge in [0.2, 0.25) is 17.7 Å². The molecule has 4 aliphatic heterocycles. The van der Waals surface area contributed by atoms with Crippen LogP contribution in [0.5, 0.6) is 0 Å². The van der Waals surface area contributed by atoms with Crippen molar-refractivity contribution in [3.8, 4) is 0 Å². The van der Waals surface area contributed by atoms with Crippen molar-refractivity contribution in [2.24, 2.45) is 11.3 Å². The van der Waals surface area contributed by atoms with E-state index in [-0.39, 0.29) is 90.7 Å². The molecule has 4 aliphatic rings. The molecule has 4 fully saturated rings. The van der Waals surface area contributed by atoms with E-state index < -0.39 is 167 Å². The topological polar surface area (TPSA) is 570 Å². The van der Waals surface area contributed by atoms with Gasteiger partial charge in [-0.1, -0.05) is 55.0 Å². The third-order valence-corrected chi connectivity index (χ3v) is 19.3. The Morgan fingerprint density at radius 2 is 0.723 bits per heavy atom. The highest BCUT2D eigenvalue weighted by molar-refractivity contribution is 5.74. The minimum Gasteiger partial charge on any atom is -0.394 e. The Bertz CT molecular complexity index is 3250. The molecule has 21 atom stereocenters. The van der Waals surface area contributed by atoms with Crippen molar-refractivity contribution in [1.29, 1.82) is 0 Å². The summed E-state index contributed by atoms with van der Waals surface area (Å²) in [5.74, 6) is -1.99. The van der Waals surface area contributed by atoms with Crippen molar-refractivity contribution in [3.63, 3.8) is 0 Å². The first-order chi connectivity index (χ1) is 53.7. The summed E-state index contributed by atoms with van der Waals surface area (Å²) < 4.78 is 75.9. The number of amides is 3. The summed E-state index contributed by atoms with van der Waals surface area (Å²) in [4.78, 5) is 40.3. The van der Waals surface area contributed by atoms with Crippen LogP contribution in [0.1, 0.15) is 90.5 Å². The molecule has 4 aromatic heterocycles. The fraction of sp³-hybridized carbons (Fsp3) is 0.838. The van der Waals surface area contributed by atoms with Gasteiger partial charge in [-0.15, -0.1) is 20.4 Å². The van der Waals surface area contributed by atoms with Gasteiger partial charge in [0.15, 0.2) is 25.2 Å². The number of unbranched alkanes of at least 4 members (excludes halogenated alkanes) is 1. The molecule has 0 saturated carbocycles. The third kappa shape index (κ3) is 27.8. The van der Waals surface area contributed by atoms with Gasteiger partial charge < -0.3 is 134 Å². The first-order valence-electron chi connectivity index (χ1n) is 37.8. The molecule has 4 aromatic rings. The van der Waals surface area contributed by atoms with Gasteiger partial charge in [-0.05, 0) is 24.8 Å². The van der Waals surface area contributed by atoms with Crippen molar-refractivity contribution >= 4 is 17.7 Å². The number of nitrogens with zero attached hydrogens (tertiary/aromatic N) is 14. The van der Waals surface area contributed by atoms with Crippen molar-refractivity contribution in [1.82, 2.24) is 85.7 Å². The van der Waals surface area contributed by atoms with E-state index in [0.29, 0.717) is 81.7 Å². The zero-order valence-electron chi connectivity index (χ0n) is 64.5. The first kappa shape index (κ1) is 91.5. The molecule has 0 radical (unpaired) electrons. The number of ether oxygens (including phenoxy) is 12. The number of hydrogen-bond donors (Lipinski definition) is 15. The average Bonchev–Trinajstić information content (AvgIpc) is 1.17. The Hall–Kier alpha value is -6.07. The summed E-state index contributed by atoms with van der Waals surface area (Å²) in [6.07, 6.45) is -10.3. The maximum atomic E-state index is 11.9. The van der Waals surface area contributed by atoms with Gasteiger partial charge in [0.05, 0.1) is 161 Å². The van der Waals surface area contributed by atoms with Crippen LogP contribution in [-0.4, -0.2) is 384 Å². The first-order valence-corrected chi connectivity index (χ1v) is 37.8. The lowest BCUT2D eigenvalue weighted by atomic mass is 9.82. The van der Waals surface area contributed by atoms with Gasteiger partial charge in [-0.2, -0.15) is 0 Å². The van der Waals surface area contributed by atoms with E-state index in [1.807, 2.05) is 24.8 Å². The van der Waals surface area contributed by atoms with Crippen LogP contribution in [0.2, 0.25) is 0 Å². The minimum atomic E-state index is -1.46. The van der Waals surface area contributed by atoms with Gasteiger partial charge in [0.25, 0.3) is 0 Å². The standard InChI is InChI=1S/C68H117N17O27/c1-40-56(93)57(94)48(36-86)109-64(40)105-24-20-101-18-14-84-34-46(74-78-84)30-81(31-47-35-85(79-75-47)15-19-104-23-27-108-67-55(71-43(4)92)63(100)60(97)51(39-89)112-67)52(68(5,6)7)10-8-9-11-80(28-44-32-82(76-72-44)12-16-102-21-25-106-65-53(69-41(2)90)61(98)58(95)49(37-87)110-65)29-45-33-83(77-73-45)13-17-103-22-26-107-66-54(70-42(3)91)62(99)59(96)50(38-88)111-66/h32-35,40,48-67,86-89,93-100H,8-31,36-39H2,1-7H3,(H,69,90)(H,70,91)(H,71,92)/t40-,48-,49-,50-,51-,52?,53-,54-,55-,56-,57+,58+,59+,60+,61-,62-,63-,64-,65-,66-,67-/m1/s1. The molecule has 0 aliphatic carbocycles. The Morgan fingerprint density at radius 1 is 0.429 bits per heavy atom. The highest BCUT2D eigenvalue weighted by Crippen LogP contribution is 2.33. The Labute approximate surface area is 647 Å². The molecule has 3 amide bonds. The molecular weight excluding hydrogens is 1490 g/mol. The molecule has 8 rings (SSSR count). The molecule has 0 bridgehead atoms. The summed E-state index contributed by atoms with van der Waals surface area (Å²) in [6, 6.07) is -3.37. The van der Waals surface area contributed by atoms with Crippen molar-refractivity contribution in [2.45, 2.75) is 243 Å². The summed E-state index contributed by atoms with van der Waals surface area (Å²) in [7, 11) is 0. The lowest BCUT2D eigenvalue weighted by Gasteiger charge is -2.42. The lowest BCUT2D eigenvalue weighted by Crippen LogP contribution is -2.64. The molecule has 0 spiro atoms. The second kappa shape index (κ2) is 46.0. The zero-order valence-corrected chi connectivity index (χ0v) is 64.5. The molecule has 15 N–H and O–H groups in total. The van der Waals surface area contributed by atoms with Gasteiger partial charge in [-0.25, -0.2) is 18.7 Å². The van der Waals surface area contributed by atoms with Crippen LogP contribution < -0.4 is 16.0 Å². The highest BCUT2D eigenvalue weighted by Gasteiger charge is 2.49. The fourth-order valence-corrected chi connectivity index (χ4v) is 13.5. The van der Waals surface area contributed by atoms with Crippen LogP contribution in [0.15, 0.2) is 24.8 Å². The molecule has 1 unspecified atom stereocenters. The smallest absolute Gasteiger partial charge is 0.217 e. The summed E-state index contributed by atoms with van der Waals surface area (Å²) in [6.45, 7) is 14.5. The quantitative estimate of drug-likeness (QED) is 0.0183. The van der Waals surface area contributed by atoms with Gasteiger partial charge >= 0.3 is 0 Å². The van der Waals surface area contributed by atoms with Crippen LogP contribution in [0, 0.1) is 11.3 Å². The average molecular weight is 1600 g/mol. The Balaban J connectivity index is 0.898. The number of aromatic nitrogens is 12. The second-order valence-corrected chi connectivity index (χ2v) is 29.2. The number of aliphatic hydroxyl groups excluding tert-OH is 12. The van der Waals surface area contributed by atoms with Crippen molar-refractivity contribution in [2.75, 3.05) is 112 Å². The van der Waals surface area contributed by atoms with Crippen molar-refractivity contribution < 1.29 is 133 Å². The summed E-state index contributed by atoms with van der Waals surface area (Å²) in [5, 5.41) is 166. The third-order valence-electron chi connectivity index (χ3n) is 19.3. The van der Waals surface area contributed by atoms with Crippen LogP contribution in [0.25, 0.3) is 0 Å². The normalized spacial score (nSPS) is 28.8. The Kier molecular flexibility index (Phi) is 37.6. The SMILES string of the molecule is CC(=O)N[C@H]1[C@H](OCCOCCn2cc(CN(CCCCC(N(Cc3cn(CCOCCO[C@@H]4O[C@H](CO)[C@H](O)[C@H](O)[C@H]4C)nn3)Cc3cn(CCOCCO[C@@H]4O[C@H](CO)[C@H](O)[C@H](O)[C@H]4NC(C)=O)nn3)C(C)(C)C)Cc3cn(CCOCCO[C@@H]4O[C@H](CO)[C@H](O)[C@H](O)[C@H]4NC(C)=O)nn3)nn2)O[C@H](CO)[C@H](O)[C@@H]1O. The molecule has 44 nitrogen and oxygen atoms in total. The van der Waals surface area contributed by atoms with E-state index in [9.17, 15) is 75.7 Å². The van der Waals surface area contributed by atoms with E-state index in [0.717, 1.165) is 19.3 Å². The summed E-state index contributed by atoms with van der Waals surface area (Å²) >= 11 is 0. The molecule has 636 valence electrons. The second-order valence-electron chi connectivity index (χ2n) is 29.2. The lowest BCUT2D eigenvalue weighted by molar-refractivity contribution is -0.284. The fourth-order valence-electron chi connectivity index (χ4n) is 13.5. The molecule has 0 aromatic carbocycles. The molecular formula is C68H117N17O27. The van der Waals surface area contributed by atoms with E-state index in [4.69, 9.17) is 56.8 Å². The number of nitrogens with one attached hydrogen (secondary N) is 3. The van der Waals surface area contributed by atoms with Crippen LogP contribution in [-0.2, 0) is 124 Å². The predicted octanol–water partition coefficient (Wildman–Crippen LogP) is -7.62. The maximum absolute atomic E-state index is 11.9. The Morgan fingerprint density at radius 3 is 1.03 bits per heavy atom. The van der Waals surface area contributed by atoms with Crippen LogP contribution in [0.3, 0.4) is 0 Å². The van der Waals surface area contributed by atoms with E-state index in [1.165, 1.54) is 20.8 Å². The van der Waals surface area contributed by atoms with E-state index in [2.05, 4.69) is 87.8 Å². The van der Waals surface area contributed by atoms with Crippen LogP contribution in [0.4, 0.5) is 0 Å². The van der Waals surface area contributed by atoms with E-state index >= 15 is 0 Å². The van der Waals surface area contributed by atoms with Gasteiger partial charge in [0, 0.05) is 83.7 Å². The largest absolute Gasteiger partial charge is 0.394 e. The minimum absolute atomic E-state index is 0.0129. The van der Waals surface area contributed by atoms with Crippen LogP contribution >= 0.6 is 0 Å². The zero-order chi connectivity index (χ0) is 81.0. The molecule has 8 heterocycles. The van der Waals surface area contributed by atoms with Gasteiger partial charge in [-0.3, -0.25) is 24.2 Å². The molecule has 4 saturated heterocycles. The summed E-state index contributed by atoms with van der Waals surface area (Å²) in [5.41, 5.74) is 2.37. The number of carbonyl (C=O) groups is 3. The number of rotatable bonds is 49. The van der Waals surface area contributed by atoms with E-state index in [1.54, 1.807) is 25.7 Å². The highest BCUT2D eigenvalue weighted by atomic mass is 16.7. The number of carbonyl (C=O) groups excluding carboxylic acids is 3. The number of hydrogen-bond acceptors (Lipinski definition) is 37. The number of aliphatic hydroxyl groups is 12.